The Morgan fingerprint density at radius 3 is 2.35 bits per heavy atom. The molecule has 0 radical (unpaired) electrons. The molecule has 0 bridgehead atoms. The van der Waals surface area contributed by atoms with Crippen molar-refractivity contribution >= 4 is 11.6 Å². The summed E-state index contributed by atoms with van der Waals surface area (Å²) in [6.07, 6.45) is 1.64. The van der Waals surface area contributed by atoms with E-state index in [2.05, 4.69) is 6.07 Å². The second kappa shape index (κ2) is 5.81. The number of hydrogen-bond acceptors (Lipinski definition) is 4. The van der Waals surface area contributed by atoms with Crippen LogP contribution in [0.1, 0.15) is 11.1 Å². The molecule has 0 amide bonds. The first-order valence-electron chi connectivity index (χ1n) is 5.92. The minimum Gasteiger partial charge on any atom is -0.504 e. The summed E-state index contributed by atoms with van der Waals surface area (Å²) in [7, 11) is 1.58. The molecule has 0 unspecified atom stereocenters. The Hall–Kier alpha value is -2.93. The molecular formula is C16H13NO3. The summed E-state index contributed by atoms with van der Waals surface area (Å²) >= 11 is 0. The number of ether oxygens (including phenoxy) is 1. The molecule has 0 saturated carbocycles. The van der Waals surface area contributed by atoms with Gasteiger partial charge in [0.1, 0.15) is 5.75 Å². The molecule has 0 heterocycles. The van der Waals surface area contributed by atoms with Crippen LogP contribution in [0.15, 0.2) is 42.5 Å². The summed E-state index contributed by atoms with van der Waals surface area (Å²) in [5, 5.41) is 27.9. The monoisotopic (exact) mass is 267 g/mol. The van der Waals surface area contributed by atoms with Crippen LogP contribution in [0, 0.1) is 11.3 Å². The van der Waals surface area contributed by atoms with Crippen molar-refractivity contribution in [2.75, 3.05) is 7.11 Å². The Balaban J connectivity index is 2.37. The van der Waals surface area contributed by atoms with Crippen LogP contribution in [0.2, 0.25) is 0 Å². The van der Waals surface area contributed by atoms with E-state index in [0.717, 1.165) is 5.56 Å². The fourth-order valence-corrected chi connectivity index (χ4v) is 1.75. The van der Waals surface area contributed by atoms with Gasteiger partial charge in [0.05, 0.1) is 18.8 Å². The Morgan fingerprint density at radius 1 is 1.10 bits per heavy atom. The van der Waals surface area contributed by atoms with Crippen LogP contribution in [-0.2, 0) is 0 Å². The molecule has 0 aliphatic heterocycles. The lowest BCUT2D eigenvalue weighted by atomic mass is 10.0. The SMILES string of the molecule is COc1ccc(C(C#N)=Cc2ccc(O)c(O)c2)cc1. The fraction of sp³-hybridized carbons (Fsp3) is 0.0625. The molecule has 4 nitrogen and oxygen atoms in total. The van der Waals surface area contributed by atoms with Gasteiger partial charge in [0.2, 0.25) is 0 Å². The largest absolute Gasteiger partial charge is 0.504 e. The molecule has 0 aliphatic rings. The molecule has 100 valence electrons. The second-order valence-electron chi connectivity index (χ2n) is 4.15. The normalized spacial score (nSPS) is 10.9. The molecule has 4 heteroatoms. The predicted octanol–water partition coefficient (Wildman–Crippen LogP) is 3.17. The Labute approximate surface area is 116 Å². The van der Waals surface area contributed by atoms with E-state index in [1.165, 1.54) is 12.1 Å². The van der Waals surface area contributed by atoms with Gasteiger partial charge in [-0.25, -0.2) is 0 Å². The third kappa shape index (κ3) is 2.90. The van der Waals surface area contributed by atoms with E-state index in [-0.39, 0.29) is 11.5 Å². The molecule has 2 aromatic carbocycles. The van der Waals surface area contributed by atoms with Gasteiger partial charge in [-0.1, -0.05) is 6.07 Å². The highest BCUT2D eigenvalue weighted by molar-refractivity contribution is 5.89. The van der Waals surface area contributed by atoms with Crippen LogP contribution in [0.25, 0.3) is 11.6 Å². The van der Waals surface area contributed by atoms with Crippen LogP contribution in [0.3, 0.4) is 0 Å². The molecule has 2 aromatic rings. The minimum absolute atomic E-state index is 0.190. The van der Waals surface area contributed by atoms with Gasteiger partial charge in [0.15, 0.2) is 11.5 Å². The van der Waals surface area contributed by atoms with E-state index < -0.39 is 0 Å². The predicted molar refractivity (Wildman–Crippen MR) is 76.2 cm³/mol. The number of allylic oxidation sites excluding steroid dienone is 1. The lowest BCUT2D eigenvalue weighted by Gasteiger charge is -2.03. The van der Waals surface area contributed by atoms with Crippen molar-refractivity contribution in [2.45, 2.75) is 0 Å². The van der Waals surface area contributed by atoms with Crippen molar-refractivity contribution in [1.82, 2.24) is 0 Å². The van der Waals surface area contributed by atoms with Crippen molar-refractivity contribution in [1.29, 1.82) is 5.26 Å². The maximum absolute atomic E-state index is 9.45. The summed E-state index contributed by atoms with van der Waals surface area (Å²) in [6, 6.07) is 13.6. The second-order valence-corrected chi connectivity index (χ2v) is 4.15. The first-order valence-corrected chi connectivity index (χ1v) is 5.92. The Morgan fingerprint density at radius 2 is 1.80 bits per heavy atom. The molecule has 0 atom stereocenters. The summed E-state index contributed by atoms with van der Waals surface area (Å²) < 4.78 is 5.07. The number of aromatic hydroxyl groups is 2. The van der Waals surface area contributed by atoms with Crippen LogP contribution in [-0.4, -0.2) is 17.3 Å². The van der Waals surface area contributed by atoms with Gasteiger partial charge in [-0.05, 0) is 53.6 Å². The molecule has 0 aliphatic carbocycles. The lowest BCUT2D eigenvalue weighted by molar-refractivity contribution is 0.403. The van der Waals surface area contributed by atoms with Gasteiger partial charge in [-0.2, -0.15) is 5.26 Å². The molecule has 20 heavy (non-hydrogen) atoms. The molecule has 0 aromatic heterocycles. The van der Waals surface area contributed by atoms with E-state index in [1.807, 2.05) is 0 Å². The quantitative estimate of drug-likeness (QED) is 0.509. The first kappa shape index (κ1) is 13.5. The third-order valence-corrected chi connectivity index (χ3v) is 2.83. The maximum Gasteiger partial charge on any atom is 0.157 e. The van der Waals surface area contributed by atoms with E-state index in [4.69, 9.17) is 4.74 Å². The average Bonchev–Trinajstić information content (AvgIpc) is 2.48. The fourth-order valence-electron chi connectivity index (χ4n) is 1.75. The zero-order valence-electron chi connectivity index (χ0n) is 10.9. The molecule has 2 N–H and O–H groups in total. The lowest BCUT2D eigenvalue weighted by Crippen LogP contribution is -1.85. The topological polar surface area (TPSA) is 73.5 Å². The van der Waals surface area contributed by atoms with Crippen molar-refractivity contribution in [3.8, 4) is 23.3 Å². The van der Waals surface area contributed by atoms with Crippen LogP contribution in [0.4, 0.5) is 0 Å². The van der Waals surface area contributed by atoms with E-state index in [9.17, 15) is 15.5 Å². The standard InChI is InChI=1S/C16H13NO3/c1-20-14-5-3-12(4-6-14)13(10-17)8-11-2-7-15(18)16(19)9-11/h2-9,18-19H,1H3. The number of nitriles is 1. The third-order valence-electron chi connectivity index (χ3n) is 2.83. The van der Waals surface area contributed by atoms with Crippen molar-refractivity contribution < 1.29 is 14.9 Å². The summed E-state index contributed by atoms with van der Waals surface area (Å²) in [4.78, 5) is 0. The van der Waals surface area contributed by atoms with Gasteiger partial charge < -0.3 is 14.9 Å². The first-order chi connectivity index (χ1) is 9.63. The van der Waals surface area contributed by atoms with Crippen molar-refractivity contribution in [2.24, 2.45) is 0 Å². The zero-order chi connectivity index (χ0) is 14.5. The molecule has 2 rings (SSSR count). The molecule has 0 fully saturated rings. The Kier molecular flexibility index (Phi) is 3.92. The zero-order valence-corrected chi connectivity index (χ0v) is 10.9. The summed E-state index contributed by atoms with van der Waals surface area (Å²) in [6.45, 7) is 0. The maximum atomic E-state index is 9.45. The number of hydrogen-bond donors (Lipinski definition) is 2. The highest BCUT2D eigenvalue weighted by Gasteiger charge is 2.04. The van der Waals surface area contributed by atoms with Gasteiger partial charge in [-0.15, -0.1) is 0 Å². The van der Waals surface area contributed by atoms with Crippen molar-refractivity contribution in [3.63, 3.8) is 0 Å². The van der Waals surface area contributed by atoms with E-state index in [0.29, 0.717) is 16.9 Å². The average molecular weight is 267 g/mol. The van der Waals surface area contributed by atoms with E-state index in [1.54, 1.807) is 43.5 Å². The number of methoxy groups -OCH3 is 1. The van der Waals surface area contributed by atoms with Gasteiger partial charge in [0.25, 0.3) is 0 Å². The highest BCUT2D eigenvalue weighted by Crippen LogP contribution is 2.27. The summed E-state index contributed by atoms with van der Waals surface area (Å²) in [5.41, 5.74) is 1.84. The van der Waals surface area contributed by atoms with Crippen LogP contribution >= 0.6 is 0 Å². The van der Waals surface area contributed by atoms with Crippen LogP contribution < -0.4 is 4.74 Å². The molecule has 0 saturated heterocycles. The smallest absolute Gasteiger partial charge is 0.157 e. The number of benzene rings is 2. The molecule has 0 spiro atoms. The molecular weight excluding hydrogens is 254 g/mol. The van der Waals surface area contributed by atoms with Gasteiger partial charge >= 0.3 is 0 Å². The van der Waals surface area contributed by atoms with E-state index >= 15 is 0 Å². The number of rotatable bonds is 3. The highest BCUT2D eigenvalue weighted by atomic mass is 16.5. The van der Waals surface area contributed by atoms with Gasteiger partial charge in [-0.3, -0.25) is 0 Å². The van der Waals surface area contributed by atoms with Gasteiger partial charge in [0, 0.05) is 0 Å². The van der Waals surface area contributed by atoms with Crippen LogP contribution in [0.5, 0.6) is 17.2 Å². The number of phenolic OH excluding ortho intramolecular Hbond substituents is 2. The minimum atomic E-state index is -0.217. The Bertz CT molecular complexity index is 682. The summed E-state index contributed by atoms with van der Waals surface area (Å²) in [5.74, 6) is 0.309. The number of phenols is 2. The number of nitrogens with zero attached hydrogens (tertiary/aromatic N) is 1. The van der Waals surface area contributed by atoms with Crippen molar-refractivity contribution in [3.05, 3.63) is 53.6 Å².